The zero-order valence-corrected chi connectivity index (χ0v) is 23.2. The van der Waals surface area contributed by atoms with Crippen LogP contribution in [0.4, 0.5) is 0 Å². The van der Waals surface area contributed by atoms with Crippen LogP contribution in [0.5, 0.6) is 0 Å². The van der Waals surface area contributed by atoms with Gasteiger partial charge in [-0.1, -0.05) is 13.8 Å². The molecular weight excluding hydrogens is 476 g/mol. The molecule has 5 N–H and O–H groups in total. The van der Waals surface area contributed by atoms with Gasteiger partial charge in [0.1, 0.15) is 5.60 Å². The van der Waals surface area contributed by atoms with Gasteiger partial charge < -0.3 is 30.3 Å². The van der Waals surface area contributed by atoms with Crippen LogP contribution in [0.15, 0.2) is 11.6 Å². The number of esters is 1. The average Bonchev–Trinajstić information content (AvgIpc) is 3.05. The first kappa shape index (κ1) is 28.7. The van der Waals surface area contributed by atoms with Crippen molar-refractivity contribution in [1.82, 2.24) is 0 Å². The number of carbonyl (C=O) groups excluding carboxylic acids is 2. The number of ketones is 1. The molecule has 4 aliphatic carbocycles. The summed E-state index contributed by atoms with van der Waals surface area (Å²) in [5, 5.41) is 55.9. The van der Waals surface area contributed by atoms with E-state index in [9.17, 15) is 35.1 Å². The van der Waals surface area contributed by atoms with Crippen LogP contribution in [0, 0.1) is 28.6 Å². The van der Waals surface area contributed by atoms with Crippen molar-refractivity contribution in [2.75, 3.05) is 0 Å². The van der Waals surface area contributed by atoms with Crippen LogP contribution in [0.25, 0.3) is 0 Å². The zero-order valence-electron chi connectivity index (χ0n) is 23.2. The van der Waals surface area contributed by atoms with E-state index >= 15 is 0 Å². The Labute approximate surface area is 220 Å². The van der Waals surface area contributed by atoms with E-state index in [0.29, 0.717) is 44.1 Å². The fourth-order valence-corrected chi connectivity index (χ4v) is 8.76. The van der Waals surface area contributed by atoms with E-state index in [0.717, 1.165) is 0 Å². The van der Waals surface area contributed by atoms with E-state index in [1.807, 2.05) is 13.8 Å². The Morgan fingerprint density at radius 2 is 1.78 bits per heavy atom. The Bertz CT molecular complexity index is 971. The highest BCUT2D eigenvalue weighted by atomic mass is 16.6. The third kappa shape index (κ3) is 4.41. The minimum Gasteiger partial charge on any atom is -0.460 e. The molecule has 0 amide bonds. The molecule has 3 saturated carbocycles. The van der Waals surface area contributed by atoms with Gasteiger partial charge in [-0.15, -0.1) is 0 Å². The number of ether oxygens (including phenoxy) is 1. The highest BCUT2D eigenvalue weighted by molar-refractivity contribution is 5.95. The molecule has 8 nitrogen and oxygen atoms in total. The van der Waals surface area contributed by atoms with Gasteiger partial charge in [0.15, 0.2) is 5.78 Å². The first-order chi connectivity index (χ1) is 16.9. The fourth-order valence-electron chi connectivity index (χ4n) is 8.76. The first-order valence-corrected chi connectivity index (χ1v) is 13.8. The number of carbonyl (C=O) groups is 2. The SMILES string of the molecule is CC(=O)OC(C)(C)CCC(O)[C@](C)(O)[C@H]1CC[C@@]2(O)C3=CC(=O)C4CC(O)C(O)C[C@]4(C)[C@H]3CC[C@]12C. The highest BCUT2D eigenvalue weighted by Gasteiger charge is 2.69. The van der Waals surface area contributed by atoms with Crippen molar-refractivity contribution in [3.63, 3.8) is 0 Å². The van der Waals surface area contributed by atoms with E-state index in [2.05, 4.69) is 0 Å². The van der Waals surface area contributed by atoms with Gasteiger partial charge in [-0.25, -0.2) is 0 Å². The molecule has 8 heteroatoms. The largest absolute Gasteiger partial charge is 0.460 e. The van der Waals surface area contributed by atoms with Gasteiger partial charge in [0.05, 0.1) is 29.5 Å². The molecule has 4 unspecified atom stereocenters. The molecule has 0 aromatic heterocycles. The second-order valence-corrected chi connectivity index (χ2v) is 13.7. The molecule has 3 fully saturated rings. The molecule has 10 atom stereocenters. The molecular formula is C29H46O8. The van der Waals surface area contributed by atoms with Gasteiger partial charge in [0.2, 0.25) is 0 Å². The van der Waals surface area contributed by atoms with Gasteiger partial charge >= 0.3 is 5.97 Å². The quantitative estimate of drug-likeness (QED) is 0.335. The number of hydrogen-bond donors (Lipinski definition) is 5. The molecule has 0 aliphatic heterocycles. The van der Waals surface area contributed by atoms with E-state index < -0.39 is 63.8 Å². The Morgan fingerprint density at radius 3 is 2.41 bits per heavy atom. The van der Waals surface area contributed by atoms with Crippen molar-refractivity contribution in [3.05, 3.63) is 11.6 Å². The summed E-state index contributed by atoms with van der Waals surface area (Å²) in [6, 6.07) is 0. The van der Waals surface area contributed by atoms with E-state index in [4.69, 9.17) is 4.74 Å². The maximum Gasteiger partial charge on any atom is 0.303 e. The molecule has 0 radical (unpaired) electrons. The van der Waals surface area contributed by atoms with E-state index in [-0.39, 0.29) is 24.5 Å². The van der Waals surface area contributed by atoms with Gasteiger partial charge in [-0.2, -0.15) is 0 Å². The Morgan fingerprint density at radius 1 is 1.14 bits per heavy atom. The van der Waals surface area contributed by atoms with Crippen molar-refractivity contribution < 1.29 is 39.9 Å². The predicted molar refractivity (Wildman–Crippen MR) is 136 cm³/mol. The summed E-state index contributed by atoms with van der Waals surface area (Å²) >= 11 is 0. The summed E-state index contributed by atoms with van der Waals surface area (Å²) in [6.07, 6.45) is 1.94. The molecule has 0 aromatic carbocycles. The van der Waals surface area contributed by atoms with Crippen LogP contribution >= 0.6 is 0 Å². The summed E-state index contributed by atoms with van der Waals surface area (Å²) in [4.78, 5) is 24.7. The lowest BCUT2D eigenvalue weighted by molar-refractivity contribution is -0.178. The number of rotatable bonds is 6. The Hall–Kier alpha value is -1.32. The molecule has 0 saturated heterocycles. The van der Waals surface area contributed by atoms with Crippen molar-refractivity contribution in [2.24, 2.45) is 28.6 Å². The third-order valence-electron chi connectivity index (χ3n) is 10.9. The summed E-state index contributed by atoms with van der Waals surface area (Å²) in [5.74, 6) is -1.43. The molecule has 0 aromatic rings. The summed E-state index contributed by atoms with van der Waals surface area (Å²) in [7, 11) is 0. The number of allylic oxidation sites excluding steroid dienone is 1. The zero-order chi connectivity index (χ0) is 27.8. The Kier molecular flexibility index (Phi) is 7.07. The minimum absolute atomic E-state index is 0.103. The molecule has 4 rings (SSSR count). The van der Waals surface area contributed by atoms with Gasteiger partial charge in [-0.3, -0.25) is 9.59 Å². The van der Waals surface area contributed by atoms with Crippen molar-refractivity contribution in [2.45, 2.75) is 128 Å². The van der Waals surface area contributed by atoms with Crippen LogP contribution in [0.3, 0.4) is 0 Å². The van der Waals surface area contributed by atoms with Crippen molar-refractivity contribution in [1.29, 1.82) is 0 Å². The lowest BCUT2D eigenvalue weighted by Crippen LogP contribution is -2.62. The minimum atomic E-state index is -1.50. The highest BCUT2D eigenvalue weighted by Crippen LogP contribution is 2.68. The number of aliphatic hydroxyl groups is 5. The van der Waals surface area contributed by atoms with Crippen LogP contribution < -0.4 is 0 Å². The average molecular weight is 523 g/mol. The Balaban J connectivity index is 1.60. The van der Waals surface area contributed by atoms with Crippen molar-refractivity contribution >= 4 is 11.8 Å². The second kappa shape index (κ2) is 9.12. The lowest BCUT2D eigenvalue weighted by atomic mass is 9.45. The van der Waals surface area contributed by atoms with E-state index in [1.165, 1.54) is 6.92 Å². The maximum absolute atomic E-state index is 13.3. The maximum atomic E-state index is 13.3. The van der Waals surface area contributed by atoms with Crippen LogP contribution in [-0.4, -0.2) is 72.4 Å². The third-order valence-corrected chi connectivity index (χ3v) is 10.9. The lowest BCUT2D eigenvalue weighted by Gasteiger charge is -2.60. The van der Waals surface area contributed by atoms with Crippen LogP contribution in [0.1, 0.15) is 92.9 Å². The molecule has 210 valence electrons. The van der Waals surface area contributed by atoms with Gasteiger partial charge in [0, 0.05) is 18.3 Å². The van der Waals surface area contributed by atoms with Crippen molar-refractivity contribution in [3.8, 4) is 0 Å². The second-order valence-electron chi connectivity index (χ2n) is 13.7. The van der Waals surface area contributed by atoms with E-state index in [1.54, 1.807) is 26.8 Å². The topological polar surface area (TPSA) is 145 Å². The fraction of sp³-hybridized carbons (Fsp3) is 0.862. The molecule has 4 aliphatic rings. The smallest absolute Gasteiger partial charge is 0.303 e. The first-order valence-electron chi connectivity index (χ1n) is 13.8. The summed E-state index contributed by atoms with van der Waals surface area (Å²) in [5.41, 5.74) is -4.22. The normalized spacial score (nSPS) is 44.1. The summed E-state index contributed by atoms with van der Waals surface area (Å²) in [6.45, 7) is 10.5. The standard InChI is InChI=1S/C29H46O8/c1-16(30)37-25(2,3)10-9-24(34)28(6,35)23-8-12-29(36)18-13-20(31)19-14-21(32)22(33)15-26(19,4)17(18)7-11-27(23,29)5/h13,17,19,21-24,32-36H,7-12,14-15H2,1-6H3/t17-,19?,21?,22?,23-,24?,26+,27+,28+,29+/m0/s1. The van der Waals surface area contributed by atoms with Gasteiger partial charge in [0.25, 0.3) is 0 Å². The molecule has 0 bridgehead atoms. The molecule has 0 heterocycles. The number of fused-ring (bicyclic) bond motifs is 5. The monoisotopic (exact) mass is 522 g/mol. The number of aliphatic hydroxyl groups excluding tert-OH is 3. The predicted octanol–water partition coefficient (Wildman–Crippen LogP) is 2.42. The van der Waals surface area contributed by atoms with Gasteiger partial charge in [-0.05, 0) is 101 Å². The van der Waals surface area contributed by atoms with Crippen LogP contribution in [0.2, 0.25) is 0 Å². The van der Waals surface area contributed by atoms with Crippen LogP contribution in [-0.2, 0) is 14.3 Å². The number of hydrogen-bond acceptors (Lipinski definition) is 8. The summed E-state index contributed by atoms with van der Waals surface area (Å²) < 4.78 is 5.34. The molecule has 0 spiro atoms. The molecule has 37 heavy (non-hydrogen) atoms.